The Bertz CT molecular complexity index is 537. The van der Waals surface area contributed by atoms with E-state index in [0.717, 1.165) is 38.5 Å². The van der Waals surface area contributed by atoms with Gasteiger partial charge >= 0.3 is 5.97 Å². The third kappa shape index (κ3) is 7.69. The average Bonchev–Trinajstić information content (AvgIpc) is 2.79. The molecule has 2 rings (SSSR count). The number of fused-ring (bicyclic) bond motifs is 1. The molecule has 0 radical (unpaired) electrons. The van der Waals surface area contributed by atoms with Crippen molar-refractivity contribution in [3.8, 4) is 0 Å². The van der Waals surface area contributed by atoms with Crippen LogP contribution in [0.5, 0.6) is 0 Å². The molecule has 1 aliphatic carbocycles. The average molecular weight is 395 g/mol. The van der Waals surface area contributed by atoms with E-state index in [2.05, 4.69) is 19.9 Å². The van der Waals surface area contributed by atoms with Crippen LogP contribution in [0, 0.1) is 17.8 Å². The zero-order valence-corrected chi connectivity index (χ0v) is 17.4. The van der Waals surface area contributed by atoms with Gasteiger partial charge in [-0.05, 0) is 70.6 Å². The van der Waals surface area contributed by atoms with E-state index in [1.807, 2.05) is 12.2 Å². The van der Waals surface area contributed by atoms with Crippen LogP contribution in [0.3, 0.4) is 0 Å². The Morgan fingerprint density at radius 2 is 2.04 bits per heavy atom. The first-order valence-electron chi connectivity index (χ1n) is 10.9. The zero-order valence-electron chi connectivity index (χ0n) is 17.4. The van der Waals surface area contributed by atoms with E-state index in [1.165, 1.54) is 5.57 Å². The number of unbranched alkanes of at least 4 members (excludes halogenated alkanes) is 1. The lowest BCUT2D eigenvalue weighted by atomic mass is 9.86. The number of hydrogen-bond donors (Lipinski definition) is 3. The van der Waals surface area contributed by atoms with Crippen molar-refractivity contribution in [2.75, 3.05) is 6.61 Å². The highest BCUT2D eigenvalue weighted by molar-refractivity contribution is 5.66. The molecule has 28 heavy (non-hydrogen) atoms. The minimum atomic E-state index is -0.737. The van der Waals surface area contributed by atoms with Gasteiger partial charge in [-0.3, -0.25) is 4.79 Å². The van der Waals surface area contributed by atoms with Gasteiger partial charge in [-0.1, -0.05) is 23.8 Å². The highest BCUT2D eigenvalue weighted by Gasteiger charge is 2.43. The van der Waals surface area contributed by atoms with Crippen LogP contribution in [0.1, 0.15) is 71.6 Å². The number of aliphatic hydroxyl groups excluding tert-OH is 2. The van der Waals surface area contributed by atoms with Crippen molar-refractivity contribution in [3.63, 3.8) is 0 Å². The molecule has 1 saturated carbocycles. The molecule has 0 aromatic carbocycles. The first-order valence-corrected chi connectivity index (χ1v) is 10.9. The summed E-state index contributed by atoms with van der Waals surface area (Å²) in [6.07, 6.45) is 12.4. The van der Waals surface area contributed by atoms with Crippen molar-refractivity contribution < 1.29 is 24.9 Å². The number of aliphatic carboxylic acids is 1. The van der Waals surface area contributed by atoms with Gasteiger partial charge in [-0.15, -0.1) is 0 Å². The highest BCUT2D eigenvalue weighted by atomic mass is 16.5. The Labute approximate surface area is 169 Å². The maximum atomic E-state index is 10.7. The molecule has 3 N–H and O–H groups in total. The summed E-state index contributed by atoms with van der Waals surface area (Å²) in [7, 11) is 0. The fraction of sp³-hybridized carbons (Fsp3) is 0.783. The van der Waals surface area contributed by atoms with E-state index in [0.29, 0.717) is 25.4 Å². The molecule has 160 valence electrons. The van der Waals surface area contributed by atoms with Gasteiger partial charge in [0.2, 0.25) is 0 Å². The second kappa shape index (κ2) is 11.7. The fourth-order valence-corrected chi connectivity index (χ4v) is 4.56. The van der Waals surface area contributed by atoms with Crippen LogP contribution in [-0.2, 0) is 9.53 Å². The lowest BCUT2D eigenvalue weighted by Crippen LogP contribution is -2.21. The standard InChI is InChI=1S/C23H38O5/c1-16(2)6-3-4-8-18(24)11-13-19-20-12-10-17(7-5-9-23(26)27)15-28-22(20)14-21(19)25/h6,11,13,17-22,24-25H,3-5,7-10,12,14-15H2,1-2H3,(H,26,27)/b13-11+/t17-,18-,19+,20+,21+,22-/m0/s1. The van der Waals surface area contributed by atoms with Gasteiger partial charge < -0.3 is 20.1 Å². The van der Waals surface area contributed by atoms with Gasteiger partial charge in [0.25, 0.3) is 0 Å². The Kier molecular flexibility index (Phi) is 9.69. The van der Waals surface area contributed by atoms with Gasteiger partial charge in [0.1, 0.15) is 0 Å². The molecular formula is C23H38O5. The number of aliphatic hydroxyl groups is 2. The first kappa shape index (κ1) is 23.1. The Morgan fingerprint density at radius 1 is 1.25 bits per heavy atom. The number of hydrogen-bond acceptors (Lipinski definition) is 4. The number of ether oxygens (including phenoxy) is 1. The van der Waals surface area contributed by atoms with Crippen LogP contribution >= 0.6 is 0 Å². The summed E-state index contributed by atoms with van der Waals surface area (Å²) in [5.74, 6) is -0.00432. The molecule has 0 bridgehead atoms. The molecule has 5 heteroatoms. The lowest BCUT2D eigenvalue weighted by molar-refractivity contribution is -0.137. The summed E-state index contributed by atoms with van der Waals surface area (Å²) in [4.78, 5) is 10.7. The quantitative estimate of drug-likeness (QED) is 0.384. The maximum Gasteiger partial charge on any atom is 0.303 e. The third-order valence-corrected chi connectivity index (χ3v) is 6.16. The van der Waals surface area contributed by atoms with Crippen molar-refractivity contribution in [2.45, 2.75) is 89.9 Å². The number of carboxylic acids is 1. The summed E-state index contributed by atoms with van der Waals surface area (Å²) in [6.45, 7) is 4.83. The van der Waals surface area contributed by atoms with Crippen LogP contribution < -0.4 is 0 Å². The third-order valence-electron chi connectivity index (χ3n) is 6.16. The topological polar surface area (TPSA) is 87.0 Å². The van der Waals surface area contributed by atoms with Gasteiger partial charge in [-0.25, -0.2) is 0 Å². The molecule has 0 aromatic rings. The van der Waals surface area contributed by atoms with Crippen molar-refractivity contribution in [1.82, 2.24) is 0 Å². The number of carbonyl (C=O) groups is 1. The van der Waals surface area contributed by atoms with E-state index in [1.54, 1.807) is 0 Å². The summed E-state index contributed by atoms with van der Waals surface area (Å²) in [6, 6.07) is 0. The van der Waals surface area contributed by atoms with Gasteiger partial charge in [-0.2, -0.15) is 0 Å². The zero-order chi connectivity index (χ0) is 20.5. The molecule has 0 aromatic heterocycles. The normalized spacial score (nSPS) is 31.4. The predicted octanol–water partition coefficient (Wildman–Crippen LogP) is 4.09. The molecule has 1 aliphatic heterocycles. The van der Waals surface area contributed by atoms with Crippen molar-refractivity contribution in [1.29, 1.82) is 0 Å². The lowest BCUT2D eigenvalue weighted by Gasteiger charge is -2.21. The van der Waals surface area contributed by atoms with Gasteiger partial charge in [0, 0.05) is 25.4 Å². The summed E-state index contributed by atoms with van der Waals surface area (Å²) in [5.41, 5.74) is 1.31. The molecule has 0 amide bonds. The van der Waals surface area contributed by atoms with Gasteiger partial charge in [0.15, 0.2) is 0 Å². The van der Waals surface area contributed by atoms with Crippen LogP contribution in [0.25, 0.3) is 0 Å². The minimum absolute atomic E-state index is 0.0372. The van der Waals surface area contributed by atoms with Crippen LogP contribution in [0.4, 0.5) is 0 Å². The molecule has 1 saturated heterocycles. The molecule has 1 heterocycles. The van der Waals surface area contributed by atoms with E-state index in [4.69, 9.17) is 9.84 Å². The molecule has 0 unspecified atom stereocenters. The van der Waals surface area contributed by atoms with Gasteiger partial charge in [0.05, 0.1) is 18.3 Å². The molecule has 5 nitrogen and oxygen atoms in total. The first-order chi connectivity index (χ1) is 13.4. The fourth-order valence-electron chi connectivity index (χ4n) is 4.56. The summed E-state index contributed by atoms with van der Waals surface area (Å²) < 4.78 is 6.10. The van der Waals surface area contributed by atoms with E-state index in [9.17, 15) is 15.0 Å². The second-order valence-electron chi connectivity index (χ2n) is 8.81. The Hall–Kier alpha value is -1.17. The van der Waals surface area contributed by atoms with E-state index >= 15 is 0 Å². The van der Waals surface area contributed by atoms with E-state index < -0.39 is 18.2 Å². The molecule has 2 fully saturated rings. The maximum absolute atomic E-state index is 10.7. The Balaban J connectivity index is 1.81. The van der Waals surface area contributed by atoms with Crippen LogP contribution in [0.15, 0.2) is 23.8 Å². The molecule has 6 atom stereocenters. The number of carboxylic acid groups (broad SMARTS) is 1. The monoisotopic (exact) mass is 394 g/mol. The minimum Gasteiger partial charge on any atom is -0.481 e. The smallest absolute Gasteiger partial charge is 0.303 e. The highest BCUT2D eigenvalue weighted by Crippen LogP contribution is 2.42. The number of rotatable bonds is 10. The van der Waals surface area contributed by atoms with Crippen LogP contribution in [-0.4, -0.2) is 46.2 Å². The SMILES string of the molecule is CC(C)=CCCC[C@H](O)/C=C/[C@@H]1[C@H]2CC[C@H](CCCC(=O)O)CO[C@H]2C[C@H]1O. The van der Waals surface area contributed by atoms with Crippen molar-refractivity contribution >= 4 is 5.97 Å². The summed E-state index contributed by atoms with van der Waals surface area (Å²) >= 11 is 0. The predicted molar refractivity (Wildman–Crippen MR) is 110 cm³/mol. The number of allylic oxidation sites excluding steroid dienone is 2. The molecular weight excluding hydrogens is 356 g/mol. The largest absolute Gasteiger partial charge is 0.481 e. The second-order valence-corrected chi connectivity index (χ2v) is 8.81. The Morgan fingerprint density at radius 3 is 2.75 bits per heavy atom. The molecule has 2 aliphatic rings. The summed E-state index contributed by atoms with van der Waals surface area (Å²) in [5, 5.41) is 29.5. The van der Waals surface area contributed by atoms with Crippen molar-refractivity contribution in [3.05, 3.63) is 23.8 Å². The van der Waals surface area contributed by atoms with E-state index in [-0.39, 0.29) is 24.4 Å². The molecule has 0 spiro atoms. The van der Waals surface area contributed by atoms with Crippen LogP contribution in [0.2, 0.25) is 0 Å². The van der Waals surface area contributed by atoms with Crippen molar-refractivity contribution in [2.24, 2.45) is 17.8 Å².